The van der Waals surface area contributed by atoms with Crippen LogP contribution in [0.5, 0.6) is 0 Å². The molecular formula is C2H8NO2P. The molecule has 0 aliphatic heterocycles. The average Bonchev–Trinajstić information content (AvgIpc) is 1.41. The van der Waals surface area contributed by atoms with Gasteiger partial charge in [-0.1, -0.05) is 0 Å². The second-order valence-corrected chi connectivity index (χ2v) is 0.900. The first-order valence-corrected chi connectivity index (χ1v) is 2.09. The van der Waals surface area contributed by atoms with E-state index < -0.39 is 0 Å². The minimum Gasteiger partial charge on any atom is -0.344 e. The number of hydrogen-bond donors (Lipinski definition) is 1. The standard InChI is InChI=1S/C2H5O2P.H3N/c1-2-4-5-3;/h2H2,1H3;1H3. The Balaban J connectivity index is 0. The topological polar surface area (TPSA) is 61.3 Å². The van der Waals surface area contributed by atoms with Crippen LogP contribution < -0.4 is 6.15 Å². The van der Waals surface area contributed by atoms with Crippen molar-refractivity contribution in [2.75, 3.05) is 6.61 Å². The fourth-order valence-electron chi connectivity index (χ4n) is 0.0527. The Bertz CT molecular complexity index is 32.7. The molecule has 0 spiro atoms. The first-order valence-electron chi connectivity index (χ1n) is 1.36. The highest BCUT2D eigenvalue weighted by Gasteiger charge is 1.65. The van der Waals surface area contributed by atoms with E-state index in [1.54, 1.807) is 6.92 Å². The molecule has 3 N–H and O–H groups in total. The Morgan fingerprint density at radius 2 is 2.33 bits per heavy atom. The third-order valence-electron chi connectivity index (χ3n) is 0.182. The van der Waals surface area contributed by atoms with Crippen molar-refractivity contribution in [2.45, 2.75) is 6.92 Å². The van der Waals surface area contributed by atoms with E-state index in [1.165, 1.54) is 0 Å². The number of rotatable bonds is 2. The highest BCUT2D eigenvalue weighted by atomic mass is 31.1. The molecule has 0 atom stereocenters. The van der Waals surface area contributed by atoms with Gasteiger partial charge in [-0.05, 0) is 6.92 Å². The normalized spacial score (nSPS) is 7.50. The Hall–Kier alpha value is 0.0200. The van der Waals surface area contributed by atoms with Gasteiger partial charge in [-0.15, -0.1) is 0 Å². The van der Waals surface area contributed by atoms with E-state index in [1.807, 2.05) is 0 Å². The Morgan fingerprint density at radius 3 is 2.33 bits per heavy atom. The van der Waals surface area contributed by atoms with Crippen LogP contribution in [0.1, 0.15) is 6.92 Å². The van der Waals surface area contributed by atoms with E-state index in [0.717, 1.165) is 0 Å². The van der Waals surface area contributed by atoms with Crippen LogP contribution in [0.4, 0.5) is 0 Å². The molecule has 0 aromatic heterocycles. The molecule has 0 saturated carbocycles. The van der Waals surface area contributed by atoms with Crippen molar-refractivity contribution >= 4 is 8.69 Å². The summed E-state index contributed by atoms with van der Waals surface area (Å²) in [6.45, 7) is 2.30. The van der Waals surface area contributed by atoms with E-state index >= 15 is 0 Å². The van der Waals surface area contributed by atoms with Crippen LogP contribution in [-0.2, 0) is 9.09 Å². The van der Waals surface area contributed by atoms with Crippen LogP contribution in [0, 0.1) is 0 Å². The van der Waals surface area contributed by atoms with Crippen LogP contribution in [0.2, 0.25) is 0 Å². The fraction of sp³-hybridized carbons (Fsp3) is 1.00. The molecule has 0 rings (SSSR count). The molecule has 0 fully saturated rings. The van der Waals surface area contributed by atoms with Gasteiger partial charge in [0.2, 0.25) is 0 Å². The molecule has 4 heteroatoms. The van der Waals surface area contributed by atoms with Crippen molar-refractivity contribution in [3.05, 3.63) is 0 Å². The molecule has 0 aliphatic carbocycles. The Labute approximate surface area is 38.6 Å². The minimum absolute atomic E-state index is 0. The van der Waals surface area contributed by atoms with Crippen LogP contribution in [0.3, 0.4) is 0 Å². The molecular weight excluding hydrogens is 101 g/mol. The van der Waals surface area contributed by atoms with Crippen molar-refractivity contribution in [3.63, 3.8) is 0 Å². The van der Waals surface area contributed by atoms with Gasteiger partial charge in [0.25, 0.3) is 0 Å². The molecule has 0 unspecified atom stereocenters. The van der Waals surface area contributed by atoms with Crippen LogP contribution in [-0.4, -0.2) is 6.61 Å². The predicted octanol–water partition coefficient (Wildman–Crippen LogP) is 1.39. The summed E-state index contributed by atoms with van der Waals surface area (Å²) in [6, 6.07) is 0. The molecule has 0 aromatic rings. The molecule has 0 saturated heterocycles. The summed E-state index contributed by atoms with van der Waals surface area (Å²) in [5.74, 6) is 0. The highest BCUT2D eigenvalue weighted by molar-refractivity contribution is 7.17. The minimum atomic E-state index is -0.220. The molecule has 0 radical (unpaired) electrons. The third kappa shape index (κ3) is 8.99. The number of hydrogen-bond acceptors (Lipinski definition) is 3. The van der Waals surface area contributed by atoms with Crippen LogP contribution in [0.25, 0.3) is 0 Å². The first-order chi connectivity index (χ1) is 2.41. The van der Waals surface area contributed by atoms with E-state index in [2.05, 4.69) is 4.52 Å². The molecule has 6 heavy (non-hydrogen) atoms. The first kappa shape index (κ1) is 9.39. The quantitative estimate of drug-likeness (QED) is 0.545. The molecule has 0 aliphatic rings. The summed E-state index contributed by atoms with van der Waals surface area (Å²) in [7, 11) is -0.220. The highest BCUT2D eigenvalue weighted by Crippen LogP contribution is 1.89. The summed E-state index contributed by atoms with van der Waals surface area (Å²) in [6.07, 6.45) is 0. The largest absolute Gasteiger partial charge is 0.344 e. The monoisotopic (exact) mass is 109 g/mol. The van der Waals surface area contributed by atoms with Crippen molar-refractivity contribution in [3.8, 4) is 0 Å². The summed E-state index contributed by atoms with van der Waals surface area (Å²) in [5, 5.41) is 0. The average molecular weight is 109 g/mol. The zero-order valence-electron chi connectivity index (χ0n) is 3.68. The third-order valence-corrected chi connectivity index (χ3v) is 0.545. The second kappa shape index (κ2) is 8.89. The summed E-state index contributed by atoms with van der Waals surface area (Å²) in [4.78, 5) is 0. The fourth-order valence-corrected chi connectivity index (χ4v) is 0.158. The molecule has 0 bridgehead atoms. The molecule has 0 heterocycles. The lowest BCUT2D eigenvalue weighted by atomic mass is 10.9. The molecule has 0 amide bonds. The zero-order chi connectivity index (χ0) is 4.12. The van der Waals surface area contributed by atoms with Gasteiger partial charge < -0.3 is 6.15 Å². The maximum absolute atomic E-state index is 9.28. The van der Waals surface area contributed by atoms with E-state index in [0.29, 0.717) is 6.61 Å². The van der Waals surface area contributed by atoms with Crippen molar-refractivity contribution in [1.82, 2.24) is 6.15 Å². The lowest BCUT2D eigenvalue weighted by Gasteiger charge is -1.72. The smallest absolute Gasteiger partial charge is 0.327 e. The van der Waals surface area contributed by atoms with E-state index in [9.17, 15) is 4.57 Å². The van der Waals surface area contributed by atoms with Crippen LogP contribution in [0.15, 0.2) is 0 Å². The van der Waals surface area contributed by atoms with E-state index in [-0.39, 0.29) is 14.8 Å². The van der Waals surface area contributed by atoms with Gasteiger partial charge in [-0.2, -0.15) is 0 Å². The predicted molar refractivity (Wildman–Crippen MR) is 24.3 cm³/mol. The Kier molecular flexibility index (Phi) is 13.9. The van der Waals surface area contributed by atoms with Gasteiger partial charge in [0, 0.05) is 0 Å². The van der Waals surface area contributed by atoms with Gasteiger partial charge in [0.05, 0.1) is 6.61 Å². The molecule has 38 valence electrons. The van der Waals surface area contributed by atoms with Crippen molar-refractivity contribution < 1.29 is 9.09 Å². The molecule has 3 nitrogen and oxygen atoms in total. The van der Waals surface area contributed by atoms with Gasteiger partial charge >= 0.3 is 8.69 Å². The zero-order valence-corrected chi connectivity index (χ0v) is 4.57. The maximum Gasteiger partial charge on any atom is 0.327 e. The van der Waals surface area contributed by atoms with Gasteiger partial charge in [0.1, 0.15) is 0 Å². The summed E-state index contributed by atoms with van der Waals surface area (Å²) < 4.78 is 13.5. The summed E-state index contributed by atoms with van der Waals surface area (Å²) >= 11 is 0. The van der Waals surface area contributed by atoms with Crippen molar-refractivity contribution in [1.29, 1.82) is 0 Å². The second-order valence-electron chi connectivity index (χ2n) is 0.492. The van der Waals surface area contributed by atoms with Gasteiger partial charge in [-0.3, -0.25) is 4.52 Å². The summed E-state index contributed by atoms with van der Waals surface area (Å²) in [5.41, 5.74) is 0. The Morgan fingerprint density at radius 1 is 1.83 bits per heavy atom. The van der Waals surface area contributed by atoms with Gasteiger partial charge in [0.15, 0.2) is 0 Å². The lowest BCUT2D eigenvalue weighted by molar-refractivity contribution is 0.365. The maximum atomic E-state index is 9.28. The van der Waals surface area contributed by atoms with Gasteiger partial charge in [-0.25, -0.2) is 4.57 Å². The van der Waals surface area contributed by atoms with E-state index in [4.69, 9.17) is 0 Å². The SMILES string of the molecule is CCOP=O.N. The van der Waals surface area contributed by atoms with Crippen molar-refractivity contribution in [2.24, 2.45) is 0 Å². The molecule has 0 aromatic carbocycles. The van der Waals surface area contributed by atoms with Crippen LogP contribution >= 0.6 is 8.69 Å². The lowest BCUT2D eigenvalue weighted by Crippen LogP contribution is -1.65.